The summed E-state index contributed by atoms with van der Waals surface area (Å²) in [6.07, 6.45) is 3.66. The summed E-state index contributed by atoms with van der Waals surface area (Å²) >= 11 is 3.51. The molecule has 2 aliphatic rings. The Balaban J connectivity index is 1.87. The van der Waals surface area contributed by atoms with Gasteiger partial charge in [-0.05, 0) is 37.6 Å². The van der Waals surface area contributed by atoms with E-state index in [1.165, 1.54) is 12.8 Å². The second kappa shape index (κ2) is 5.74. The molecule has 1 amide bonds. The van der Waals surface area contributed by atoms with Crippen molar-refractivity contribution in [2.45, 2.75) is 25.3 Å². The second-order valence-electron chi connectivity index (χ2n) is 5.64. The van der Waals surface area contributed by atoms with Crippen molar-refractivity contribution in [1.82, 2.24) is 5.32 Å². The van der Waals surface area contributed by atoms with Crippen LogP contribution in [0.4, 0.5) is 11.4 Å². The van der Waals surface area contributed by atoms with Crippen molar-refractivity contribution < 1.29 is 4.79 Å². The number of carbonyl (C=O) groups is 1. The number of nitrogens with one attached hydrogen (secondary N) is 1. The molecule has 0 bridgehead atoms. The highest BCUT2D eigenvalue weighted by molar-refractivity contribution is 9.10. The minimum atomic E-state index is 0.186. The maximum atomic E-state index is 12.4. The van der Waals surface area contributed by atoms with Gasteiger partial charge in [0.1, 0.15) is 0 Å². The Kier molecular flexibility index (Phi) is 3.98. The maximum Gasteiger partial charge on any atom is 0.246 e. The molecule has 1 saturated heterocycles. The molecule has 0 aromatic heterocycles. The molecule has 1 aromatic carbocycles. The third-order valence-electron chi connectivity index (χ3n) is 4.13. The van der Waals surface area contributed by atoms with Gasteiger partial charge in [-0.2, -0.15) is 0 Å². The summed E-state index contributed by atoms with van der Waals surface area (Å²) in [5.74, 6) is 0.186. The molecule has 2 aliphatic heterocycles. The van der Waals surface area contributed by atoms with Crippen molar-refractivity contribution in [2.75, 3.05) is 36.5 Å². The van der Waals surface area contributed by atoms with Gasteiger partial charge in [-0.3, -0.25) is 4.79 Å². The zero-order valence-corrected chi connectivity index (χ0v) is 13.3. The molecule has 1 aromatic rings. The van der Waals surface area contributed by atoms with Gasteiger partial charge >= 0.3 is 0 Å². The number of halogens is 1. The van der Waals surface area contributed by atoms with Gasteiger partial charge in [0, 0.05) is 24.1 Å². The lowest BCUT2D eigenvalue weighted by Crippen LogP contribution is -2.51. The largest absolute Gasteiger partial charge is 0.364 e. The van der Waals surface area contributed by atoms with Crippen LogP contribution in [0, 0.1) is 0 Å². The Morgan fingerprint density at radius 1 is 1.35 bits per heavy atom. The van der Waals surface area contributed by atoms with Gasteiger partial charge in [-0.25, -0.2) is 0 Å². The summed E-state index contributed by atoms with van der Waals surface area (Å²) in [5.41, 5.74) is 2.15. The van der Waals surface area contributed by atoms with E-state index < -0.39 is 0 Å². The van der Waals surface area contributed by atoms with E-state index in [2.05, 4.69) is 27.3 Å². The maximum absolute atomic E-state index is 12.4. The SMILES string of the molecule is CN1CC(=O)N(CC2CCCCN2)c2cc(Br)ccc21. The Morgan fingerprint density at radius 3 is 2.95 bits per heavy atom. The standard InChI is InChI=1S/C15H20BrN3O/c1-18-10-15(20)19(9-12-4-2-3-7-17-12)14-8-11(16)5-6-13(14)18/h5-6,8,12,17H,2-4,7,9-10H2,1H3. The highest BCUT2D eigenvalue weighted by Gasteiger charge is 2.29. The Bertz CT molecular complexity index is 514. The Labute approximate surface area is 128 Å². The van der Waals surface area contributed by atoms with Crippen LogP contribution in [-0.2, 0) is 4.79 Å². The van der Waals surface area contributed by atoms with E-state index in [1.54, 1.807) is 0 Å². The average Bonchev–Trinajstić information content (AvgIpc) is 2.44. The quantitative estimate of drug-likeness (QED) is 0.899. The van der Waals surface area contributed by atoms with Crippen LogP contribution in [0.25, 0.3) is 0 Å². The van der Waals surface area contributed by atoms with Crippen molar-refractivity contribution in [3.05, 3.63) is 22.7 Å². The van der Waals surface area contributed by atoms with Crippen LogP contribution in [0.5, 0.6) is 0 Å². The van der Waals surface area contributed by atoms with E-state index in [9.17, 15) is 4.79 Å². The molecular formula is C15H20BrN3O. The average molecular weight is 338 g/mol. The smallest absolute Gasteiger partial charge is 0.246 e. The predicted octanol–water partition coefficient (Wildman–Crippen LogP) is 2.37. The minimum Gasteiger partial charge on any atom is -0.364 e. The Morgan fingerprint density at radius 2 is 2.20 bits per heavy atom. The topological polar surface area (TPSA) is 35.6 Å². The molecule has 20 heavy (non-hydrogen) atoms. The van der Waals surface area contributed by atoms with E-state index in [0.29, 0.717) is 12.6 Å². The van der Waals surface area contributed by atoms with Gasteiger partial charge in [0.15, 0.2) is 0 Å². The first-order valence-electron chi connectivity index (χ1n) is 7.19. The molecule has 2 heterocycles. The van der Waals surface area contributed by atoms with Crippen LogP contribution in [0.3, 0.4) is 0 Å². The summed E-state index contributed by atoms with van der Waals surface area (Å²) in [6, 6.07) is 6.57. The summed E-state index contributed by atoms with van der Waals surface area (Å²) in [5, 5.41) is 3.52. The zero-order valence-electron chi connectivity index (χ0n) is 11.7. The predicted molar refractivity (Wildman–Crippen MR) is 85.4 cm³/mol. The highest BCUT2D eigenvalue weighted by atomic mass is 79.9. The fraction of sp³-hybridized carbons (Fsp3) is 0.533. The number of nitrogens with zero attached hydrogens (tertiary/aromatic N) is 2. The van der Waals surface area contributed by atoms with Crippen LogP contribution >= 0.6 is 15.9 Å². The van der Waals surface area contributed by atoms with Crippen LogP contribution in [0.1, 0.15) is 19.3 Å². The molecule has 1 fully saturated rings. The number of benzene rings is 1. The van der Waals surface area contributed by atoms with E-state index in [1.807, 2.05) is 29.0 Å². The van der Waals surface area contributed by atoms with Crippen LogP contribution in [0.2, 0.25) is 0 Å². The third kappa shape index (κ3) is 2.69. The van der Waals surface area contributed by atoms with Gasteiger partial charge in [-0.15, -0.1) is 0 Å². The van der Waals surface area contributed by atoms with Gasteiger partial charge < -0.3 is 15.1 Å². The first-order valence-corrected chi connectivity index (χ1v) is 7.99. The lowest BCUT2D eigenvalue weighted by molar-refractivity contribution is -0.117. The number of piperidine rings is 1. The number of rotatable bonds is 2. The van der Waals surface area contributed by atoms with Gasteiger partial charge in [0.05, 0.1) is 17.9 Å². The molecule has 0 aliphatic carbocycles. The summed E-state index contributed by atoms with van der Waals surface area (Å²) in [7, 11) is 1.97. The Hall–Kier alpha value is -1.07. The van der Waals surface area contributed by atoms with E-state index in [-0.39, 0.29) is 5.91 Å². The van der Waals surface area contributed by atoms with Crippen molar-refractivity contribution in [2.24, 2.45) is 0 Å². The normalized spacial score (nSPS) is 22.9. The van der Waals surface area contributed by atoms with Crippen molar-refractivity contribution >= 4 is 33.2 Å². The van der Waals surface area contributed by atoms with Crippen molar-refractivity contribution in [3.63, 3.8) is 0 Å². The molecule has 4 nitrogen and oxygen atoms in total. The summed E-state index contributed by atoms with van der Waals surface area (Å²) in [6.45, 7) is 2.30. The first-order chi connectivity index (χ1) is 9.65. The van der Waals surface area contributed by atoms with E-state index >= 15 is 0 Å². The first kappa shape index (κ1) is 13.9. The number of likely N-dealkylation sites (N-methyl/N-ethyl adjacent to an activating group) is 1. The zero-order chi connectivity index (χ0) is 14.1. The molecule has 108 valence electrons. The molecular weight excluding hydrogens is 318 g/mol. The van der Waals surface area contributed by atoms with Crippen molar-refractivity contribution in [1.29, 1.82) is 0 Å². The number of anilines is 2. The molecule has 0 spiro atoms. The fourth-order valence-electron chi connectivity index (χ4n) is 3.04. The molecule has 1 atom stereocenters. The second-order valence-corrected chi connectivity index (χ2v) is 6.56. The third-order valence-corrected chi connectivity index (χ3v) is 4.62. The van der Waals surface area contributed by atoms with E-state index in [0.717, 1.165) is 35.4 Å². The number of hydrogen-bond donors (Lipinski definition) is 1. The molecule has 1 N–H and O–H groups in total. The molecule has 1 unspecified atom stereocenters. The fourth-order valence-corrected chi connectivity index (χ4v) is 3.39. The van der Waals surface area contributed by atoms with Crippen LogP contribution in [-0.4, -0.2) is 38.6 Å². The van der Waals surface area contributed by atoms with Crippen molar-refractivity contribution in [3.8, 4) is 0 Å². The van der Waals surface area contributed by atoms with Gasteiger partial charge in [0.25, 0.3) is 0 Å². The molecule has 0 radical (unpaired) electrons. The molecule has 5 heteroatoms. The number of fused-ring (bicyclic) bond motifs is 1. The highest BCUT2D eigenvalue weighted by Crippen LogP contribution is 2.35. The van der Waals surface area contributed by atoms with Gasteiger partial charge in [-0.1, -0.05) is 22.4 Å². The summed E-state index contributed by atoms with van der Waals surface area (Å²) in [4.78, 5) is 16.4. The van der Waals surface area contributed by atoms with Crippen LogP contribution < -0.4 is 15.1 Å². The number of amides is 1. The minimum absolute atomic E-state index is 0.186. The monoisotopic (exact) mass is 337 g/mol. The molecule has 3 rings (SSSR count). The summed E-state index contributed by atoms with van der Waals surface area (Å²) < 4.78 is 1.01. The number of carbonyl (C=O) groups excluding carboxylic acids is 1. The van der Waals surface area contributed by atoms with Crippen LogP contribution in [0.15, 0.2) is 22.7 Å². The molecule has 0 saturated carbocycles. The van der Waals surface area contributed by atoms with E-state index in [4.69, 9.17) is 0 Å². The lowest BCUT2D eigenvalue weighted by atomic mass is 10.0. The number of hydrogen-bond acceptors (Lipinski definition) is 3. The van der Waals surface area contributed by atoms with Gasteiger partial charge in [0.2, 0.25) is 5.91 Å². The lowest BCUT2D eigenvalue weighted by Gasteiger charge is -2.38.